The minimum Gasteiger partial charge on any atom is -0.480 e. The maximum absolute atomic E-state index is 15.2. The number of ether oxygens (including phenoxy) is 2. The van der Waals surface area contributed by atoms with E-state index in [9.17, 15) is 14.4 Å². The topological polar surface area (TPSA) is 124 Å². The third kappa shape index (κ3) is 6.58. The zero-order chi connectivity index (χ0) is 30.9. The summed E-state index contributed by atoms with van der Waals surface area (Å²) in [6.07, 6.45) is -0.683. The van der Waals surface area contributed by atoms with Gasteiger partial charge in [0.05, 0.1) is 18.7 Å². The van der Waals surface area contributed by atoms with E-state index >= 15 is 4.39 Å². The molecule has 0 aliphatic carbocycles. The number of anilines is 2. The number of carbonyl (C=O) groups is 2. The Morgan fingerprint density at radius 2 is 1.91 bits per heavy atom. The number of rotatable bonds is 10. The van der Waals surface area contributed by atoms with Gasteiger partial charge in [0.15, 0.2) is 26.5 Å². The lowest BCUT2D eigenvalue weighted by atomic mass is 10.1. The Bertz CT molecular complexity index is 1600. The van der Waals surface area contributed by atoms with Gasteiger partial charge in [-0.2, -0.15) is 0 Å². The van der Waals surface area contributed by atoms with Gasteiger partial charge >= 0.3 is 6.09 Å². The molecule has 1 fully saturated rings. The Kier molecular flexibility index (Phi) is 8.59. The van der Waals surface area contributed by atoms with E-state index in [0.29, 0.717) is 55.3 Å². The first-order valence-corrected chi connectivity index (χ1v) is 17.3. The highest BCUT2D eigenvalue weighted by Gasteiger charge is 2.37. The lowest BCUT2D eigenvalue weighted by Gasteiger charge is -2.36. The second kappa shape index (κ2) is 12.1. The maximum atomic E-state index is 15.2. The normalized spacial score (nSPS) is 17.1. The quantitative estimate of drug-likeness (QED) is 0.260. The summed E-state index contributed by atoms with van der Waals surface area (Å²) in [5, 5.41) is 6.70. The smallest absolute Gasteiger partial charge is 0.416 e. The fourth-order valence-electron chi connectivity index (χ4n) is 4.91. The average Bonchev–Trinajstić information content (AvgIpc) is 3.32. The molecule has 2 aliphatic rings. The van der Waals surface area contributed by atoms with E-state index in [-0.39, 0.29) is 41.3 Å². The minimum atomic E-state index is -2.01. The minimum absolute atomic E-state index is 0.0357. The van der Waals surface area contributed by atoms with Crippen LogP contribution in [-0.4, -0.2) is 68.8 Å². The standard InChI is InChI=1S/C30H38FN5O6Si/c1-30(2,3)43(4,5)41-15-14-35-26(38)11-7-19-6-8-22(31)21(27(19)35)12-13-32-16-20-17-36(29(39)42-20)24-10-9-23-28(33-24)34-25(37)18-40-23/h6-11,20,32H,12-18H2,1-5H3,(H,33,34,37)/t20-/m0/s1. The van der Waals surface area contributed by atoms with Crippen molar-refractivity contribution in [2.45, 2.75) is 58.0 Å². The molecule has 2 amide bonds. The van der Waals surface area contributed by atoms with Crippen molar-refractivity contribution in [1.82, 2.24) is 14.9 Å². The van der Waals surface area contributed by atoms with Gasteiger partial charge in [-0.3, -0.25) is 14.5 Å². The summed E-state index contributed by atoms with van der Waals surface area (Å²) in [6, 6.07) is 9.62. The molecule has 13 heteroatoms. The van der Waals surface area contributed by atoms with Crippen LogP contribution in [0.25, 0.3) is 10.9 Å². The van der Waals surface area contributed by atoms with Crippen LogP contribution < -0.4 is 25.8 Å². The molecular formula is C30H38FN5O6Si. The molecule has 2 aliphatic heterocycles. The fraction of sp³-hybridized carbons (Fsp3) is 0.467. The van der Waals surface area contributed by atoms with Gasteiger partial charge in [-0.1, -0.05) is 20.8 Å². The summed E-state index contributed by atoms with van der Waals surface area (Å²) in [6.45, 7) is 12.4. The van der Waals surface area contributed by atoms with E-state index < -0.39 is 20.5 Å². The van der Waals surface area contributed by atoms with E-state index in [2.05, 4.69) is 49.5 Å². The summed E-state index contributed by atoms with van der Waals surface area (Å²) in [7, 11) is -2.01. The Morgan fingerprint density at radius 1 is 1.14 bits per heavy atom. The fourth-order valence-corrected chi connectivity index (χ4v) is 5.94. The summed E-state index contributed by atoms with van der Waals surface area (Å²) in [4.78, 5) is 42.8. The highest BCUT2D eigenvalue weighted by Crippen LogP contribution is 2.36. The molecule has 0 spiro atoms. The van der Waals surface area contributed by atoms with Gasteiger partial charge in [0, 0.05) is 24.7 Å². The monoisotopic (exact) mass is 611 g/mol. The first kappa shape index (κ1) is 30.6. The number of nitrogens with one attached hydrogen (secondary N) is 2. The number of cyclic esters (lactones) is 1. The number of benzene rings is 1. The molecule has 43 heavy (non-hydrogen) atoms. The first-order valence-electron chi connectivity index (χ1n) is 14.4. The molecule has 11 nitrogen and oxygen atoms in total. The van der Waals surface area contributed by atoms with Gasteiger partial charge in [-0.05, 0) is 66.8 Å². The largest absolute Gasteiger partial charge is 0.480 e. The molecule has 0 unspecified atom stereocenters. The second-order valence-electron chi connectivity index (χ2n) is 12.3. The van der Waals surface area contributed by atoms with E-state index in [1.807, 2.05) is 0 Å². The van der Waals surface area contributed by atoms with Crippen molar-refractivity contribution in [2.75, 3.05) is 43.1 Å². The number of carbonyl (C=O) groups excluding carboxylic acids is 2. The number of aromatic nitrogens is 2. The van der Waals surface area contributed by atoms with Crippen molar-refractivity contribution in [3.05, 3.63) is 58.1 Å². The Morgan fingerprint density at radius 3 is 2.67 bits per heavy atom. The second-order valence-corrected chi connectivity index (χ2v) is 17.1. The number of fused-ring (bicyclic) bond motifs is 2. The number of pyridine rings is 2. The van der Waals surface area contributed by atoms with Crippen molar-refractivity contribution in [1.29, 1.82) is 0 Å². The maximum Gasteiger partial charge on any atom is 0.416 e. The molecule has 2 N–H and O–H groups in total. The van der Waals surface area contributed by atoms with Crippen LogP contribution >= 0.6 is 0 Å². The number of halogens is 1. The third-order valence-electron chi connectivity index (χ3n) is 8.32. The van der Waals surface area contributed by atoms with Crippen LogP contribution in [0.3, 0.4) is 0 Å². The van der Waals surface area contributed by atoms with Crippen molar-refractivity contribution >= 4 is 42.9 Å². The highest BCUT2D eigenvalue weighted by atomic mass is 28.4. The van der Waals surface area contributed by atoms with Gasteiger partial charge in [0.2, 0.25) is 0 Å². The SMILES string of the molecule is CC(C)(C)[Si](C)(C)OCCn1c(=O)ccc2ccc(F)c(CCNC[C@H]3CN(c4ccc5c(n4)NC(=O)CO5)C(=O)O3)c21. The van der Waals surface area contributed by atoms with Crippen LogP contribution in [-0.2, 0) is 26.9 Å². The van der Waals surface area contributed by atoms with Crippen LogP contribution in [0.1, 0.15) is 26.3 Å². The number of hydrogen-bond donors (Lipinski definition) is 2. The van der Waals surface area contributed by atoms with Crippen molar-refractivity contribution < 1.29 is 27.9 Å². The van der Waals surface area contributed by atoms with Gasteiger partial charge < -0.3 is 29.1 Å². The predicted octanol–water partition coefficient (Wildman–Crippen LogP) is 4.05. The Balaban J connectivity index is 1.22. The molecule has 0 saturated carbocycles. The van der Waals surface area contributed by atoms with Crippen LogP contribution in [0.2, 0.25) is 18.1 Å². The number of hydrogen-bond acceptors (Lipinski definition) is 8. The lowest BCUT2D eigenvalue weighted by molar-refractivity contribution is -0.118. The molecule has 2 aromatic heterocycles. The molecule has 0 radical (unpaired) electrons. The molecular weight excluding hydrogens is 573 g/mol. The van der Waals surface area contributed by atoms with Gasteiger partial charge in [0.25, 0.3) is 11.5 Å². The average molecular weight is 612 g/mol. The lowest BCUT2D eigenvalue weighted by Crippen LogP contribution is -2.41. The number of amides is 2. The van der Waals surface area contributed by atoms with Crippen molar-refractivity contribution in [2.24, 2.45) is 0 Å². The highest BCUT2D eigenvalue weighted by molar-refractivity contribution is 6.74. The van der Waals surface area contributed by atoms with Crippen LogP contribution in [0.5, 0.6) is 5.75 Å². The van der Waals surface area contributed by atoms with Crippen molar-refractivity contribution in [3.8, 4) is 5.75 Å². The number of nitrogens with zero attached hydrogens (tertiary/aromatic N) is 3. The van der Waals surface area contributed by atoms with Crippen LogP contribution in [0.15, 0.2) is 41.2 Å². The Hall–Kier alpha value is -3.81. The summed E-state index contributed by atoms with van der Waals surface area (Å²) in [5.41, 5.74) is 0.815. The molecule has 1 atom stereocenters. The molecule has 0 bridgehead atoms. The molecule has 1 saturated heterocycles. The molecule has 230 valence electrons. The van der Waals surface area contributed by atoms with E-state index in [4.69, 9.17) is 13.9 Å². The van der Waals surface area contributed by atoms with E-state index in [1.165, 1.54) is 17.0 Å². The van der Waals surface area contributed by atoms with Gasteiger partial charge in [-0.25, -0.2) is 14.2 Å². The predicted molar refractivity (Wildman–Crippen MR) is 164 cm³/mol. The summed E-state index contributed by atoms with van der Waals surface area (Å²) >= 11 is 0. The third-order valence-corrected chi connectivity index (χ3v) is 12.9. The molecule has 1 aromatic carbocycles. The zero-order valence-corrected chi connectivity index (χ0v) is 26.2. The summed E-state index contributed by atoms with van der Waals surface area (Å²) < 4.78 is 33.9. The van der Waals surface area contributed by atoms with Gasteiger partial charge in [0.1, 0.15) is 17.7 Å². The van der Waals surface area contributed by atoms with E-state index in [1.54, 1.807) is 28.8 Å². The zero-order valence-electron chi connectivity index (χ0n) is 25.2. The van der Waals surface area contributed by atoms with Crippen molar-refractivity contribution in [3.63, 3.8) is 0 Å². The molecule has 3 aromatic rings. The Labute approximate surface area is 250 Å². The van der Waals surface area contributed by atoms with Crippen LogP contribution in [0, 0.1) is 5.82 Å². The molecule has 4 heterocycles. The first-order chi connectivity index (χ1) is 20.3. The summed E-state index contributed by atoms with van der Waals surface area (Å²) in [5.74, 6) is 0.327. The van der Waals surface area contributed by atoms with Crippen LogP contribution in [0.4, 0.5) is 20.8 Å². The molecule has 5 rings (SSSR count). The van der Waals surface area contributed by atoms with E-state index in [0.717, 1.165) is 5.39 Å². The van der Waals surface area contributed by atoms with Gasteiger partial charge in [-0.15, -0.1) is 0 Å².